The van der Waals surface area contributed by atoms with Gasteiger partial charge in [0.2, 0.25) is 0 Å². The van der Waals surface area contributed by atoms with E-state index in [1.807, 2.05) is 4.72 Å². The summed E-state index contributed by atoms with van der Waals surface area (Å²) >= 11 is 8.81. The van der Waals surface area contributed by atoms with Gasteiger partial charge in [-0.15, -0.1) is 0 Å². The molecule has 0 aliphatic carbocycles. The summed E-state index contributed by atoms with van der Waals surface area (Å²) < 4.78 is 53.5. The van der Waals surface area contributed by atoms with Crippen LogP contribution in [0, 0.1) is 18.6 Å². The van der Waals surface area contributed by atoms with Crippen LogP contribution in [0.2, 0.25) is 5.02 Å². The molecule has 0 amide bonds. The van der Waals surface area contributed by atoms with E-state index in [1.165, 1.54) is 6.07 Å². The standard InChI is InChI=1S/C13H9BrClF2NO2S/c1-7-2-3-12(9(14)4-7)21(19,20)18-13-10(15)5-8(16)6-11(13)17/h2-6,18H,1H3. The van der Waals surface area contributed by atoms with E-state index in [1.54, 1.807) is 19.1 Å². The van der Waals surface area contributed by atoms with Gasteiger partial charge in [-0.3, -0.25) is 4.72 Å². The van der Waals surface area contributed by atoms with Crippen LogP contribution >= 0.6 is 27.5 Å². The number of rotatable bonds is 3. The molecule has 0 heterocycles. The summed E-state index contributed by atoms with van der Waals surface area (Å²) in [7, 11) is -4.06. The van der Waals surface area contributed by atoms with E-state index < -0.39 is 27.3 Å². The van der Waals surface area contributed by atoms with Crippen LogP contribution < -0.4 is 4.72 Å². The second-order valence-electron chi connectivity index (χ2n) is 4.28. The van der Waals surface area contributed by atoms with Crippen molar-refractivity contribution in [2.75, 3.05) is 4.72 Å². The molecule has 0 radical (unpaired) electrons. The van der Waals surface area contributed by atoms with E-state index in [2.05, 4.69) is 15.9 Å². The number of hydrogen-bond donors (Lipinski definition) is 1. The van der Waals surface area contributed by atoms with Crippen molar-refractivity contribution >= 4 is 43.2 Å². The van der Waals surface area contributed by atoms with Crippen molar-refractivity contribution in [3.05, 3.63) is 57.0 Å². The van der Waals surface area contributed by atoms with E-state index in [0.29, 0.717) is 10.5 Å². The molecular weight excluding hydrogens is 388 g/mol. The van der Waals surface area contributed by atoms with Gasteiger partial charge in [-0.05, 0) is 46.6 Å². The zero-order chi connectivity index (χ0) is 15.8. The normalized spacial score (nSPS) is 11.5. The van der Waals surface area contributed by atoms with Crippen molar-refractivity contribution in [1.82, 2.24) is 0 Å². The van der Waals surface area contributed by atoms with Gasteiger partial charge in [0, 0.05) is 10.5 Å². The molecule has 0 unspecified atom stereocenters. The van der Waals surface area contributed by atoms with Crippen LogP contribution in [0.25, 0.3) is 0 Å². The van der Waals surface area contributed by atoms with Gasteiger partial charge in [-0.25, -0.2) is 17.2 Å². The highest BCUT2D eigenvalue weighted by molar-refractivity contribution is 9.10. The lowest BCUT2D eigenvalue weighted by Crippen LogP contribution is -2.15. The number of halogens is 4. The maximum atomic E-state index is 13.7. The van der Waals surface area contributed by atoms with Crippen LogP contribution in [0.5, 0.6) is 0 Å². The SMILES string of the molecule is Cc1ccc(S(=O)(=O)Nc2c(F)cc(F)cc2Cl)c(Br)c1. The van der Waals surface area contributed by atoms with Crippen molar-refractivity contribution in [3.63, 3.8) is 0 Å². The lowest BCUT2D eigenvalue weighted by molar-refractivity contribution is 0.583. The number of nitrogens with one attached hydrogen (secondary N) is 1. The minimum absolute atomic E-state index is 0.0760. The fraction of sp³-hybridized carbons (Fsp3) is 0.0769. The molecule has 21 heavy (non-hydrogen) atoms. The molecule has 0 saturated carbocycles. The number of hydrogen-bond acceptors (Lipinski definition) is 2. The van der Waals surface area contributed by atoms with Crippen LogP contribution in [0.15, 0.2) is 39.7 Å². The topological polar surface area (TPSA) is 46.2 Å². The van der Waals surface area contributed by atoms with Crippen molar-refractivity contribution in [1.29, 1.82) is 0 Å². The number of benzene rings is 2. The smallest absolute Gasteiger partial charge is 0.263 e. The molecule has 0 fully saturated rings. The molecule has 0 spiro atoms. The van der Waals surface area contributed by atoms with Gasteiger partial charge in [0.25, 0.3) is 10.0 Å². The van der Waals surface area contributed by atoms with Crippen molar-refractivity contribution in [3.8, 4) is 0 Å². The lowest BCUT2D eigenvalue weighted by Gasteiger charge is -2.12. The van der Waals surface area contributed by atoms with Gasteiger partial charge in [-0.1, -0.05) is 17.7 Å². The van der Waals surface area contributed by atoms with Crippen molar-refractivity contribution in [2.45, 2.75) is 11.8 Å². The minimum Gasteiger partial charge on any atom is -0.275 e. The first-order valence-corrected chi connectivity index (χ1v) is 8.29. The Labute approximate surface area is 134 Å². The molecule has 0 saturated heterocycles. The molecule has 0 bridgehead atoms. The van der Waals surface area contributed by atoms with E-state index >= 15 is 0 Å². The Balaban J connectivity index is 2.47. The van der Waals surface area contributed by atoms with E-state index in [9.17, 15) is 17.2 Å². The Morgan fingerprint density at radius 2 is 1.86 bits per heavy atom. The molecular formula is C13H9BrClF2NO2S. The Morgan fingerprint density at radius 1 is 1.19 bits per heavy atom. The summed E-state index contributed by atoms with van der Waals surface area (Å²) in [5, 5.41) is -0.362. The lowest BCUT2D eigenvalue weighted by atomic mass is 10.2. The maximum absolute atomic E-state index is 13.7. The summed E-state index contributed by atoms with van der Waals surface area (Å²) in [6.07, 6.45) is 0. The molecule has 3 nitrogen and oxygen atoms in total. The monoisotopic (exact) mass is 395 g/mol. The average molecular weight is 397 g/mol. The Morgan fingerprint density at radius 3 is 2.43 bits per heavy atom. The third-order valence-electron chi connectivity index (χ3n) is 2.62. The van der Waals surface area contributed by atoms with Crippen molar-refractivity contribution in [2.24, 2.45) is 0 Å². The Kier molecular flexibility index (Phi) is 4.55. The highest BCUT2D eigenvalue weighted by atomic mass is 79.9. The van der Waals surface area contributed by atoms with E-state index in [0.717, 1.165) is 11.6 Å². The summed E-state index contributed by atoms with van der Waals surface area (Å²) in [4.78, 5) is -0.0760. The first-order valence-electron chi connectivity index (χ1n) is 5.64. The van der Waals surface area contributed by atoms with Gasteiger partial charge in [0.05, 0.1) is 5.02 Å². The highest BCUT2D eigenvalue weighted by Gasteiger charge is 2.21. The highest BCUT2D eigenvalue weighted by Crippen LogP contribution is 2.30. The predicted molar refractivity (Wildman–Crippen MR) is 81.1 cm³/mol. The number of anilines is 1. The molecule has 1 N–H and O–H groups in total. The maximum Gasteiger partial charge on any atom is 0.263 e. The zero-order valence-corrected chi connectivity index (χ0v) is 13.8. The molecule has 2 aromatic rings. The summed E-state index contributed by atoms with van der Waals surface area (Å²) in [5.74, 6) is -1.98. The first kappa shape index (κ1) is 16.2. The van der Waals surface area contributed by atoms with E-state index in [4.69, 9.17) is 11.6 Å². The Hall–Kier alpha value is -1.18. The second kappa shape index (κ2) is 5.90. The Bertz CT molecular complexity index is 789. The summed E-state index contributed by atoms with van der Waals surface area (Å²) in [5.41, 5.74) is 0.359. The van der Waals surface area contributed by atoms with Crippen LogP contribution in [0.1, 0.15) is 5.56 Å². The molecule has 0 aliphatic rings. The first-order chi connectivity index (χ1) is 9.70. The minimum atomic E-state index is -4.06. The quantitative estimate of drug-likeness (QED) is 0.831. The van der Waals surface area contributed by atoms with Crippen LogP contribution in [0.4, 0.5) is 14.5 Å². The fourth-order valence-electron chi connectivity index (χ4n) is 1.65. The predicted octanol–water partition coefficient (Wildman–Crippen LogP) is 4.49. The van der Waals surface area contributed by atoms with Gasteiger partial charge < -0.3 is 0 Å². The largest absolute Gasteiger partial charge is 0.275 e. The molecule has 0 atom stereocenters. The van der Waals surface area contributed by atoms with Gasteiger partial charge in [0.15, 0.2) is 5.82 Å². The van der Waals surface area contributed by atoms with E-state index in [-0.39, 0.29) is 9.92 Å². The average Bonchev–Trinajstić information content (AvgIpc) is 2.33. The molecule has 2 rings (SSSR count). The zero-order valence-electron chi connectivity index (χ0n) is 10.6. The van der Waals surface area contributed by atoms with Gasteiger partial charge >= 0.3 is 0 Å². The molecule has 0 aliphatic heterocycles. The summed E-state index contributed by atoms with van der Waals surface area (Å²) in [6.45, 7) is 1.80. The van der Waals surface area contributed by atoms with Crippen LogP contribution in [0.3, 0.4) is 0 Å². The van der Waals surface area contributed by atoms with Crippen LogP contribution in [-0.2, 0) is 10.0 Å². The molecule has 2 aromatic carbocycles. The fourth-order valence-corrected chi connectivity index (χ4v) is 4.23. The number of aryl methyl sites for hydroxylation is 1. The molecule has 0 aromatic heterocycles. The van der Waals surface area contributed by atoms with Gasteiger partial charge in [-0.2, -0.15) is 0 Å². The second-order valence-corrected chi connectivity index (χ2v) is 7.20. The summed E-state index contributed by atoms with van der Waals surface area (Å²) in [6, 6.07) is 5.96. The molecule has 8 heteroatoms. The van der Waals surface area contributed by atoms with Crippen LogP contribution in [-0.4, -0.2) is 8.42 Å². The van der Waals surface area contributed by atoms with Gasteiger partial charge in [0.1, 0.15) is 16.4 Å². The third-order valence-corrected chi connectivity index (χ3v) is 5.24. The molecule has 112 valence electrons. The van der Waals surface area contributed by atoms with Crippen molar-refractivity contribution < 1.29 is 17.2 Å². The third kappa shape index (κ3) is 3.53. The number of sulfonamides is 1.